The summed E-state index contributed by atoms with van der Waals surface area (Å²) in [5, 5.41) is 13.0. The number of rotatable bonds is 4. The maximum Gasteiger partial charge on any atom is 0.295 e. The van der Waals surface area contributed by atoms with Crippen molar-refractivity contribution in [1.29, 1.82) is 0 Å². The summed E-state index contributed by atoms with van der Waals surface area (Å²) >= 11 is 1.43. The molecule has 1 amide bonds. The molecule has 0 unspecified atom stereocenters. The van der Waals surface area contributed by atoms with E-state index in [1.807, 2.05) is 23.6 Å². The fraction of sp³-hybridized carbons (Fsp3) is 0.174. The second-order valence-corrected chi connectivity index (χ2v) is 8.14. The predicted octanol–water partition coefficient (Wildman–Crippen LogP) is 3.54. The molecular weight excluding hydrogens is 416 g/mol. The molecule has 7 nitrogen and oxygen atoms in total. The first-order valence-electron chi connectivity index (χ1n) is 9.74. The lowest BCUT2D eigenvalue weighted by Gasteiger charge is -2.24. The SMILES string of the molecule is O=C1C(=O)N(Cc2cccnc2)[C@H](c2cccs2)C1=C(O)c1ccc2c(c1)OCCO2. The number of hydrogen-bond donors (Lipinski definition) is 1. The minimum absolute atomic E-state index is 0.0630. The number of likely N-dealkylation sites (tertiary alicyclic amines) is 1. The Balaban J connectivity index is 1.60. The number of ether oxygens (including phenoxy) is 2. The van der Waals surface area contributed by atoms with Gasteiger partial charge in [-0.15, -0.1) is 11.3 Å². The van der Waals surface area contributed by atoms with Crippen molar-refractivity contribution >= 4 is 28.8 Å². The maximum atomic E-state index is 13.0. The third-order valence-electron chi connectivity index (χ3n) is 5.24. The van der Waals surface area contributed by atoms with Crippen molar-refractivity contribution in [3.8, 4) is 11.5 Å². The topological polar surface area (TPSA) is 89.0 Å². The number of ketones is 1. The van der Waals surface area contributed by atoms with E-state index in [9.17, 15) is 14.7 Å². The molecule has 1 atom stereocenters. The predicted molar refractivity (Wildman–Crippen MR) is 114 cm³/mol. The smallest absolute Gasteiger partial charge is 0.295 e. The van der Waals surface area contributed by atoms with Crippen LogP contribution in [0.25, 0.3) is 5.76 Å². The Bertz CT molecular complexity index is 1170. The first-order valence-corrected chi connectivity index (χ1v) is 10.6. The average Bonchev–Trinajstić information content (AvgIpc) is 3.42. The highest BCUT2D eigenvalue weighted by molar-refractivity contribution is 7.10. The molecular formula is C23H18N2O5S. The largest absolute Gasteiger partial charge is 0.507 e. The summed E-state index contributed by atoms with van der Waals surface area (Å²) in [4.78, 5) is 32.4. The number of aliphatic hydroxyl groups excluding tert-OH is 1. The van der Waals surface area contributed by atoms with Gasteiger partial charge in [0.2, 0.25) is 0 Å². The number of amides is 1. The molecule has 1 N–H and O–H groups in total. The van der Waals surface area contributed by atoms with Gasteiger partial charge in [-0.2, -0.15) is 0 Å². The van der Waals surface area contributed by atoms with Crippen LogP contribution in [0.3, 0.4) is 0 Å². The van der Waals surface area contributed by atoms with Crippen LogP contribution in [0.4, 0.5) is 0 Å². The Morgan fingerprint density at radius 3 is 2.71 bits per heavy atom. The molecule has 8 heteroatoms. The van der Waals surface area contributed by atoms with E-state index in [-0.39, 0.29) is 17.9 Å². The number of thiophene rings is 1. The Hall–Kier alpha value is -3.65. The van der Waals surface area contributed by atoms with Crippen LogP contribution >= 0.6 is 11.3 Å². The highest BCUT2D eigenvalue weighted by Crippen LogP contribution is 2.43. The Labute approximate surface area is 182 Å². The van der Waals surface area contributed by atoms with Gasteiger partial charge in [-0.05, 0) is 41.3 Å². The van der Waals surface area contributed by atoms with Crippen LogP contribution in [-0.4, -0.2) is 39.9 Å². The van der Waals surface area contributed by atoms with Crippen LogP contribution in [0.5, 0.6) is 11.5 Å². The summed E-state index contributed by atoms with van der Waals surface area (Å²) < 4.78 is 11.1. The molecule has 1 saturated heterocycles. The minimum Gasteiger partial charge on any atom is -0.507 e. The van der Waals surface area contributed by atoms with Crippen LogP contribution in [0.15, 0.2) is 65.8 Å². The van der Waals surface area contributed by atoms with Crippen LogP contribution in [0.1, 0.15) is 22.0 Å². The molecule has 5 rings (SSSR count). The number of benzene rings is 1. The van der Waals surface area contributed by atoms with Crippen LogP contribution < -0.4 is 9.47 Å². The van der Waals surface area contributed by atoms with Crippen molar-refractivity contribution in [3.63, 3.8) is 0 Å². The van der Waals surface area contributed by atoms with Crippen molar-refractivity contribution in [2.45, 2.75) is 12.6 Å². The third kappa shape index (κ3) is 3.44. The molecule has 2 aliphatic heterocycles. The number of fused-ring (bicyclic) bond motifs is 1. The molecule has 31 heavy (non-hydrogen) atoms. The normalized spacial score (nSPS) is 19.6. The third-order valence-corrected chi connectivity index (χ3v) is 6.17. The number of nitrogens with zero attached hydrogens (tertiary/aromatic N) is 2. The van der Waals surface area contributed by atoms with Gasteiger partial charge >= 0.3 is 0 Å². The molecule has 0 saturated carbocycles. The monoisotopic (exact) mass is 434 g/mol. The van der Waals surface area contributed by atoms with Gasteiger partial charge in [0.05, 0.1) is 11.6 Å². The standard InChI is InChI=1S/C23H18N2O5S/c26-21(15-5-6-16-17(11-15)30-9-8-29-16)19-20(18-4-2-10-31-18)25(23(28)22(19)27)13-14-3-1-7-24-12-14/h1-7,10-12,20,26H,8-9,13H2/t20-/m1/s1. The molecule has 0 bridgehead atoms. The second kappa shape index (κ2) is 7.88. The van der Waals surface area contributed by atoms with Gasteiger partial charge in [-0.25, -0.2) is 0 Å². The first kappa shape index (κ1) is 19.3. The van der Waals surface area contributed by atoms with Crippen LogP contribution in [0.2, 0.25) is 0 Å². The molecule has 0 spiro atoms. The van der Waals surface area contributed by atoms with Gasteiger partial charge in [0, 0.05) is 29.4 Å². The number of hydrogen-bond acceptors (Lipinski definition) is 7. The summed E-state index contributed by atoms with van der Waals surface area (Å²) in [6.07, 6.45) is 3.31. The van der Waals surface area contributed by atoms with Crippen molar-refractivity contribution in [2.75, 3.05) is 13.2 Å². The number of pyridine rings is 1. The first-order chi connectivity index (χ1) is 15.1. The molecule has 0 aliphatic carbocycles. The number of aliphatic hydroxyl groups is 1. The van der Waals surface area contributed by atoms with E-state index in [4.69, 9.17) is 9.47 Å². The van der Waals surface area contributed by atoms with Gasteiger partial charge in [0.1, 0.15) is 19.0 Å². The Morgan fingerprint density at radius 2 is 1.97 bits per heavy atom. The van der Waals surface area contributed by atoms with Crippen molar-refractivity contribution in [2.24, 2.45) is 0 Å². The van der Waals surface area contributed by atoms with E-state index in [1.54, 1.807) is 36.7 Å². The van der Waals surface area contributed by atoms with Crippen molar-refractivity contribution in [1.82, 2.24) is 9.88 Å². The van der Waals surface area contributed by atoms with Crippen LogP contribution in [-0.2, 0) is 16.1 Å². The fourth-order valence-electron chi connectivity index (χ4n) is 3.82. The number of Topliss-reactive ketones (excluding diaryl/α,β-unsaturated/α-hetero) is 1. The van der Waals surface area contributed by atoms with E-state index >= 15 is 0 Å². The molecule has 1 aromatic carbocycles. The zero-order valence-corrected chi connectivity index (χ0v) is 17.2. The van der Waals surface area contributed by atoms with Crippen molar-refractivity contribution < 1.29 is 24.2 Å². The van der Waals surface area contributed by atoms with Gasteiger partial charge in [0.25, 0.3) is 11.7 Å². The van der Waals surface area contributed by atoms with E-state index in [0.717, 1.165) is 10.4 Å². The van der Waals surface area contributed by atoms with E-state index in [1.165, 1.54) is 16.2 Å². The summed E-state index contributed by atoms with van der Waals surface area (Å²) in [6.45, 7) is 1.07. The van der Waals surface area contributed by atoms with Gasteiger partial charge in [-0.1, -0.05) is 12.1 Å². The Morgan fingerprint density at radius 1 is 1.13 bits per heavy atom. The highest BCUT2D eigenvalue weighted by atomic mass is 32.1. The van der Waals surface area contributed by atoms with Crippen LogP contribution in [0, 0.1) is 0 Å². The quantitative estimate of drug-likeness (QED) is 0.384. The van der Waals surface area contributed by atoms with E-state index in [2.05, 4.69) is 4.98 Å². The number of carbonyl (C=O) groups excluding carboxylic acids is 2. The molecule has 2 aliphatic rings. The second-order valence-electron chi connectivity index (χ2n) is 7.16. The molecule has 2 aromatic heterocycles. The zero-order valence-electron chi connectivity index (χ0n) is 16.4. The molecule has 0 radical (unpaired) electrons. The molecule has 156 valence electrons. The molecule has 4 heterocycles. The lowest BCUT2D eigenvalue weighted by molar-refractivity contribution is -0.140. The minimum atomic E-state index is -0.713. The molecule has 1 fully saturated rings. The number of aromatic nitrogens is 1. The summed E-state index contributed by atoms with van der Waals surface area (Å²) in [5.74, 6) is -0.527. The zero-order chi connectivity index (χ0) is 21.4. The van der Waals surface area contributed by atoms with Gasteiger partial charge < -0.3 is 19.5 Å². The molecule has 3 aromatic rings. The summed E-state index contributed by atoms with van der Waals surface area (Å²) in [5.41, 5.74) is 1.25. The van der Waals surface area contributed by atoms with Gasteiger partial charge in [-0.3, -0.25) is 14.6 Å². The van der Waals surface area contributed by atoms with Gasteiger partial charge in [0.15, 0.2) is 11.5 Å². The fourth-order valence-corrected chi connectivity index (χ4v) is 4.67. The van der Waals surface area contributed by atoms with Crippen molar-refractivity contribution in [3.05, 3.63) is 81.8 Å². The lowest BCUT2D eigenvalue weighted by Crippen LogP contribution is -2.28. The number of carbonyl (C=O) groups is 2. The average molecular weight is 434 g/mol. The highest BCUT2D eigenvalue weighted by Gasteiger charge is 2.46. The maximum absolute atomic E-state index is 13.0. The summed E-state index contributed by atoms with van der Waals surface area (Å²) in [6, 6.07) is 11.6. The lowest BCUT2D eigenvalue weighted by atomic mass is 9.99. The Kier molecular flexibility index (Phi) is 4.91. The summed E-state index contributed by atoms with van der Waals surface area (Å²) in [7, 11) is 0. The van der Waals surface area contributed by atoms with E-state index in [0.29, 0.717) is 30.3 Å². The van der Waals surface area contributed by atoms with E-state index < -0.39 is 17.7 Å².